The average molecular weight is 372 g/mol. The maximum Gasteiger partial charge on any atom is 0.416 e. The van der Waals surface area contributed by atoms with Crippen LogP contribution in [0.3, 0.4) is 0 Å². The van der Waals surface area contributed by atoms with E-state index in [1.165, 1.54) is 31.1 Å². The molecule has 0 unspecified atom stereocenters. The van der Waals surface area contributed by atoms with Crippen LogP contribution in [-0.2, 0) is 20.6 Å². The van der Waals surface area contributed by atoms with Crippen LogP contribution in [0.1, 0.15) is 30.0 Å². The molecule has 0 saturated carbocycles. The molecule has 1 aliphatic heterocycles. The topological polar surface area (TPSA) is 77.9 Å². The van der Waals surface area contributed by atoms with Crippen LogP contribution in [0.15, 0.2) is 24.3 Å². The van der Waals surface area contributed by atoms with E-state index in [2.05, 4.69) is 0 Å². The number of amides is 2. The van der Waals surface area contributed by atoms with Crippen molar-refractivity contribution >= 4 is 17.8 Å². The van der Waals surface area contributed by atoms with Crippen LogP contribution in [-0.4, -0.2) is 53.3 Å². The standard InChI is InChI=1S/C17H19F3N2O4/c1-21(9-14(24)25)16(26)12-7-8-13(23)22(2)15(12)10-3-5-11(6-4-10)17(18,19)20/h3-6,12,15H,7-9H2,1-2H3,(H,24,25)/t12-,15-/m0/s1. The van der Waals surface area contributed by atoms with Gasteiger partial charge in [-0.3, -0.25) is 14.4 Å². The zero-order valence-corrected chi connectivity index (χ0v) is 14.3. The number of halogens is 3. The zero-order valence-electron chi connectivity index (χ0n) is 14.3. The lowest BCUT2D eigenvalue weighted by Gasteiger charge is -2.39. The fourth-order valence-corrected chi connectivity index (χ4v) is 3.19. The Morgan fingerprint density at radius 1 is 1.27 bits per heavy atom. The molecule has 9 heteroatoms. The number of benzene rings is 1. The Kier molecular flexibility index (Phi) is 5.58. The first kappa shape index (κ1) is 19.7. The van der Waals surface area contributed by atoms with Crippen molar-refractivity contribution in [3.63, 3.8) is 0 Å². The largest absolute Gasteiger partial charge is 0.480 e. The van der Waals surface area contributed by atoms with Gasteiger partial charge in [-0.2, -0.15) is 13.2 Å². The van der Waals surface area contributed by atoms with E-state index in [1.54, 1.807) is 0 Å². The van der Waals surface area contributed by atoms with Crippen LogP contribution in [0.5, 0.6) is 0 Å². The van der Waals surface area contributed by atoms with Gasteiger partial charge in [0.1, 0.15) is 6.54 Å². The van der Waals surface area contributed by atoms with Gasteiger partial charge in [0.15, 0.2) is 0 Å². The molecule has 0 aromatic heterocycles. The number of carbonyl (C=O) groups is 3. The molecular formula is C17H19F3N2O4. The maximum atomic E-state index is 12.8. The van der Waals surface area contributed by atoms with E-state index >= 15 is 0 Å². The molecule has 26 heavy (non-hydrogen) atoms. The maximum absolute atomic E-state index is 12.8. The van der Waals surface area contributed by atoms with E-state index in [4.69, 9.17) is 5.11 Å². The Morgan fingerprint density at radius 3 is 2.35 bits per heavy atom. The molecule has 1 N–H and O–H groups in total. The van der Waals surface area contributed by atoms with E-state index in [0.717, 1.165) is 17.0 Å². The van der Waals surface area contributed by atoms with Crippen LogP contribution in [0, 0.1) is 5.92 Å². The quantitative estimate of drug-likeness (QED) is 0.879. The summed E-state index contributed by atoms with van der Waals surface area (Å²) in [6.45, 7) is -0.493. The van der Waals surface area contributed by atoms with E-state index in [0.29, 0.717) is 5.56 Å². The Balaban J connectivity index is 2.34. The first-order valence-corrected chi connectivity index (χ1v) is 7.92. The van der Waals surface area contributed by atoms with Gasteiger partial charge in [0.05, 0.1) is 17.5 Å². The number of hydrogen-bond acceptors (Lipinski definition) is 3. The molecule has 0 radical (unpaired) electrons. The lowest BCUT2D eigenvalue weighted by atomic mass is 9.83. The molecule has 2 atom stereocenters. The van der Waals surface area contributed by atoms with Crippen molar-refractivity contribution in [2.45, 2.75) is 25.1 Å². The SMILES string of the molecule is CN(CC(=O)O)C(=O)[C@H]1CCC(=O)N(C)[C@H]1c1ccc(C(F)(F)F)cc1. The number of piperidine rings is 1. The summed E-state index contributed by atoms with van der Waals surface area (Å²) < 4.78 is 38.3. The van der Waals surface area contributed by atoms with Gasteiger partial charge in [-0.05, 0) is 24.1 Å². The number of likely N-dealkylation sites (N-methyl/N-ethyl adjacent to an activating group) is 1. The van der Waals surface area contributed by atoms with Gasteiger partial charge >= 0.3 is 12.1 Å². The number of likely N-dealkylation sites (tertiary alicyclic amines) is 1. The van der Waals surface area contributed by atoms with Crippen molar-refractivity contribution in [1.29, 1.82) is 0 Å². The summed E-state index contributed by atoms with van der Waals surface area (Å²) in [6, 6.07) is 3.57. The van der Waals surface area contributed by atoms with Crippen molar-refractivity contribution in [2.24, 2.45) is 5.92 Å². The van der Waals surface area contributed by atoms with Gasteiger partial charge in [-0.1, -0.05) is 12.1 Å². The molecule has 1 saturated heterocycles. The molecule has 0 aliphatic carbocycles. The van der Waals surface area contributed by atoms with Gasteiger partial charge in [0, 0.05) is 20.5 Å². The second-order valence-corrected chi connectivity index (χ2v) is 6.30. The third-order valence-corrected chi connectivity index (χ3v) is 4.51. The highest BCUT2D eigenvalue weighted by molar-refractivity contribution is 5.86. The minimum Gasteiger partial charge on any atom is -0.480 e. The van der Waals surface area contributed by atoms with E-state index in [1.807, 2.05) is 0 Å². The number of alkyl halides is 3. The normalized spacial score (nSPS) is 20.8. The molecule has 2 rings (SSSR count). The lowest BCUT2D eigenvalue weighted by Crippen LogP contribution is -2.47. The third kappa shape index (κ3) is 4.14. The summed E-state index contributed by atoms with van der Waals surface area (Å²) in [5.41, 5.74) is -0.424. The highest BCUT2D eigenvalue weighted by atomic mass is 19.4. The summed E-state index contributed by atoms with van der Waals surface area (Å²) in [5, 5.41) is 8.85. The molecule has 0 bridgehead atoms. The van der Waals surface area contributed by atoms with Gasteiger partial charge < -0.3 is 14.9 Å². The van der Waals surface area contributed by atoms with Crippen molar-refractivity contribution in [3.8, 4) is 0 Å². The Bertz CT molecular complexity index is 703. The highest BCUT2D eigenvalue weighted by Gasteiger charge is 2.40. The molecule has 1 aromatic rings. The fourth-order valence-electron chi connectivity index (χ4n) is 3.19. The smallest absolute Gasteiger partial charge is 0.416 e. The summed E-state index contributed by atoms with van der Waals surface area (Å²) in [7, 11) is 2.83. The number of rotatable bonds is 4. The number of carbonyl (C=O) groups excluding carboxylic acids is 2. The molecular weight excluding hydrogens is 353 g/mol. The number of hydrogen-bond donors (Lipinski definition) is 1. The van der Waals surface area contributed by atoms with Gasteiger partial charge in [0.2, 0.25) is 11.8 Å². The first-order valence-electron chi connectivity index (χ1n) is 7.92. The third-order valence-electron chi connectivity index (χ3n) is 4.51. The number of carboxylic acids is 1. The van der Waals surface area contributed by atoms with Crippen LogP contribution in [0.2, 0.25) is 0 Å². The van der Waals surface area contributed by atoms with Crippen molar-refractivity contribution in [1.82, 2.24) is 9.80 Å². The molecule has 142 valence electrons. The molecule has 0 spiro atoms. The second-order valence-electron chi connectivity index (χ2n) is 6.30. The number of aliphatic carboxylic acids is 1. The fraction of sp³-hybridized carbons (Fsp3) is 0.471. The molecule has 1 heterocycles. The van der Waals surface area contributed by atoms with Crippen LogP contribution >= 0.6 is 0 Å². The highest BCUT2D eigenvalue weighted by Crippen LogP contribution is 2.38. The van der Waals surface area contributed by atoms with Crippen molar-refractivity contribution in [2.75, 3.05) is 20.6 Å². The van der Waals surface area contributed by atoms with Gasteiger partial charge in [-0.25, -0.2) is 0 Å². The molecule has 2 amide bonds. The summed E-state index contributed by atoms with van der Waals surface area (Å²) in [6.07, 6.45) is -4.16. The predicted octanol–water partition coefficient (Wildman–Crippen LogP) is 2.16. The molecule has 1 aliphatic rings. The van der Waals surface area contributed by atoms with Crippen molar-refractivity contribution in [3.05, 3.63) is 35.4 Å². The number of carboxylic acid groups (broad SMARTS) is 1. The van der Waals surface area contributed by atoms with Crippen LogP contribution in [0.4, 0.5) is 13.2 Å². The van der Waals surface area contributed by atoms with E-state index < -0.39 is 42.1 Å². The summed E-state index contributed by atoms with van der Waals surface area (Å²) >= 11 is 0. The van der Waals surface area contributed by atoms with E-state index in [9.17, 15) is 27.6 Å². The van der Waals surface area contributed by atoms with Crippen LogP contribution in [0.25, 0.3) is 0 Å². The molecule has 1 fully saturated rings. The van der Waals surface area contributed by atoms with Gasteiger partial charge in [-0.15, -0.1) is 0 Å². The summed E-state index contributed by atoms with van der Waals surface area (Å²) in [5.74, 6) is -2.58. The minimum absolute atomic E-state index is 0.116. The number of nitrogens with zero attached hydrogens (tertiary/aromatic N) is 2. The zero-order chi connectivity index (χ0) is 19.6. The Hall–Kier alpha value is -2.58. The molecule has 1 aromatic carbocycles. The Labute approximate surface area is 148 Å². The monoisotopic (exact) mass is 372 g/mol. The van der Waals surface area contributed by atoms with Crippen molar-refractivity contribution < 1.29 is 32.7 Å². The first-order chi connectivity index (χ1) is 12.0. The predicted molar refractivity (Wildman–Crippen MR) is 85.0 cm³/mol. The Morgan fingerprint density at radius 2 is 1.85 bits per heavy atom. The second kappa shape index (κ2) is 7.35. The van der Waals surface area contributed by atoms with Crippen LogP contribution < -0.4 is 0 Å². The summed E-state index contributed by atoms with van der Waals surface area (Å²) in [4.78, 5) is 37.9. The lowest BCUT2D eigenvalue weighted by molar-refractivity contribution is -0.150. The van der Waals surface area contributed by atoms with Gasteiger partial charge in [0.25, 0.3) is 0 Å². The average Bonchev–Trinajstić information content (AvgIpc) is 2.55. The molecule has 6 nitrogen and oxygen atoms in total. The minimum atomic E-state index is -4.48. The van der Waals surface area contributed by atoms with E-state index in [-0.39, 0.29) is 18.7 Å².